The number of rotatable bonds is 1. The Balaban J connectivity index is 1.77. The Morgan fingerprint density at radius 3 is 2.37 bits per heavy atom. The highest BCUT2D eigenvalue weighted by atomic mass is 19.4. The molecule has 1 aromatic heterocycles. The van der Waals surface area contributed by atoms with E-state index in [0.717, 1.165) is 18.4 Å². The van der Waals surface area contributed by atoms with Gasteiger partial charge >= 0.3 is 6.18 Å². The second-order valence-corrected chi connectivity index (χ2v) is 7.58. The molecular weight excluding hydrogens is 397 g/mol. The van der Waals surface area contributed by atoms with Gasteiger partial charge in [-0.2, -0.15) is 13.2 Å². The number of alkyl halides is 3. The van der Waals surface area contributed by atoms with Crippen LogP contribution in [-0.2, 0) is 5.41 Å². The fourth-order valence-electron chi connectivity index (χ4n) is 4.30. The number of fused-ring (bicyclic) bond motifs is 4. The van der Waals surface area contributed by atoms with E-state index in [4.69, 9.17) is 0 Å². The molecule has 0 aliphatic heterocycles. The van der Waals surface area contributed by atoms with Crippen LogP contribution in [0, 0.1) is 11.6 Å². The predicted molar refractivity (Wildman–Crippen MR) is 105 cm³/mol. The number of para-hydroxylation sites is 1. The van der Waals surface area contributed by atoms with Gasteiger partial charge in [-0.1, -0.05) is 36.4 Å². The number of aromatic nitrogens is 1. The SMILES string of the molecule is CC1(C(F)(F)F)c2cc(-c3ccc4ccccc4n3)ccc2-c2cc(F)cc(F)c21. The Hall–Kier alpha value is -3.28. The highest BCUT2D eigenvalue weighted by Crippen LogP contribution is 2.57. The molecule has 6 heteroatoms. The van der Waals surface area contributed by atoms with Gasteiger partial charge in [0.1, 0.15) is 17.0 Å². The van der Waals surface area contributed by atoms with E-state index >= 15 is 0 Å². The van der Waals surface area contributed by atoms with Crippen molar-refractivity contribution in [2.75, 3.05) is 0 Å². The number of pyridine rings is 1. The molecule has 0 fully saturated rings. The molecule has 0 saturated heterocycles. The Morgan fingerprint density at radius 1 is 0.833 bits per heavy atom. The zero-order valence-corrected chi connectivity index (χ0v) is 15.7. The molecule has 0 radical (unpaired) electrons. The molecule has 0 amide bonds. The fraction of sp³-hybridized carbons (Fsp3) is 0.125. The number of nitrogens with zero attached hydrogens (tertiary/aromatic N) is 1. The van der Waals surface area contributed by atoms with E-state index in [1.807, 2.05) is 30.3 Å². The van der Waals surface area contributed by atoms with E-state index < -0.39 is 28.8 Å². The maximum absolute atomic E-state index is 14.6. The van der Waals surface area contributed by atoms with Crippen LogP contribution in [0.4, 0.5) is 22.0 Å². The first-order chi connectivity index (χ1) is 14.2. The second-order valence-electron chi connectivity index (χ2n) is 7.58. The third kappa shape index (κ3) is 2.49. The Kier molecular flexibility index (Phi) is 3.81. The molecule has 1 aliphatic carbocycles. The average molecular weight is 411 g/mol. The summed E-state index contributed by atoms with van der Waals surface area (Å²) in [5.41, 5.74) is -1.45. The molecule has 1 unspecified atom stereocenters. The van der Waals surface area contributed by atoms with Crippen molar-refractivity contribution in [2.24, 2.45) is 0 Å². The molecule has 0 saturated carbocycles. The van der Waals surface area contributed by atoms with Crippen LogP contribution in [0.5, 0.6) is 0 Å². The van der Waals surface area contributed by atoms with Crippen molar-refractivity contribution in [1.29, 1.82) is 0 Å². The summed E-state index contributed by atoms with van der Waals surface area (Å²) in [5, 5.41) is 0.910. The van der Waals surface area contributed by atoms with Gasteiger partial charge in [-0.25, -0.2) is 13.8 Å². The summed E-state index contributed by atoms with van der Waals surface area (Å²) >= 11 is 0. The van der Waals surface area contributed by atoms with Gasteiger partial charge in [0.05, 0.1) is 11.2 Å². The van der Waals surface area contributed by atoms with Crippen LogP contribution in [0.1, 0.15) is 18.1 Å². The summed E-state index contributed by atoms with van der Waals surface area (Å²) in [6.45, 7) is 0.941. The summed E-state index contributed by atoms with van der Waals surface area (Å²) in [6.07, 6.45) is -4.78. The van der Waals surface area contributed by atoms with Crippen LogP contribution in [0.25, 0.3) is 33.3 Å². The lowest BCUT2D eigenvalue weighted by molar-refractivity contribution is -0.172. The molecule has 3 aromatic carbocycles. The quantitative estimate of drug-likeness (QED) is 0.307. The van der Waals surface area contributed by atoms with E-state index in [1.165, 1.54) is 12.1 Å². The Labute approximate surface area is 168 Å². The number of hydrogen-bond acceptors (Lipinski definition) is 1. The standard InChI is InChI=1S/C24H14F5N/c1-23(24(27,28)29)18-10-14(21-9-7-13-4-2-3-5-20(13)30-21)6-8-16(18)17-11-15(25)12-19(26)22(17)23/h2-12H,1H3. The van der Waals surface area contributed by atoms with Crippen molar-refractivity contribution < 1.29 is 22.0 Å². The van der Waals surface area contributed by atoms with Crippen molar-refractivity contribution in [3.05, 3.63) is 89.5 Å². The molecule has 1 atom stereocenters. The number of benzene rings is 3. The van der Waals surface area contributed by atoms with Gasteiger partial charge in [0, 0.05) is 22.6 Å². The molecule has 1 heterocycles. The Morgan fingerprint density at radius 2 is 1.60 bits per heavy atom. The van der Waals surface area contributed by atoms with Crippen LogP contribution < -0.4 is 0 Å². The first kappa shape index (κ1) is 18.7. The third-order valence-electron chi connectivity index (χ3n) is 5.86. The lowest BCUT2D eigenvalue weighted by atomic mass is 9.78. The molecule has 0 spiro atoms. The number of halogens is 5. The lowest BCUT2D eigenvalue weighted by Crippen LogP contribution is -2.39. The molecule has 1 nitrogen and oxygen atoms in total. The van der Waals surface area contributed by atoms with Crippen LogP contribution in [0.2, 0.25) is 0 Å². The fourth-order valence-corrected chi connectivity index (χ4v) is 4.30. The van der Waals surface area contributed by atoms with Crippen molar-refractivity contribution in [3.8, 4) is 22.4 Å². The summed E-state index contributed by atoms with van der Waals surface area (Å²) in [7, 11) is 0. The van der Waals surface area contributed by atoms with Crippen LogP contribution in [-0.4, -0.2) is 11.2 Å². The molecule has 0 bridgehead atoms. The van der Waals surface area contributed by atoms with E-state index in [9.17, 15) is 22.0 Å². The molecule has 5 rings (SSSR count). The van der Waals surface area contributed by atoms with Gasteiger partial charge < -0.3 is 0 Å². The van der Waals surface area contributed by atoms with Crippen LogP contribution >= 0.6 is 0 Å². The summed E-state index contributed by atoms with van der Waals surface area (Å²) in [6, 6.07) is 17.0. The molecule has 150 valence electrons. The zero-order valence-electron chi connectivity index (χ0n) is 15.7. The first-order valence-electron chi connectivity index (χ1n) is 9.27. The van der Waals surface area contributed by atoms with E-state index in [-0.39, 0.29) is 16.7 Å². The smallest absolute Gasteiger partial charge is 0.248 e. The Bertz CT molecular complexity index is 1330. The van der Waals surface area contributed by atoms with Gasteiger partial charge in [0.2, 0.25) is 0 Å². The van der Waals surface area contributed by atoms with Crippen molar-refractivity contribution in [2.45, 2.75) is 18.5 Å². The summed E-state index contributed by atoms with van der Waals surface area (Å²) in [4.78, 5) is 4.55. The van der Waals surface area contributed by atoms with Gasteiger partial charge in [-0.3, -0.25) is 0 Å². The van der Waals surface area contributed by atoms with E-state index in [1.54, 1.807) is 12.1 Å². The second kappa shape index (κ2) is 6.11. The first-order valence-corrected chi connectivity index (χ1v) is 9.27. The minimum Gasteiger partial charge on any atom is -0.248 e. The molecular formula is C24H14F5N. The van der Waals surface area contributed by atoms with Gasteiger partial charge in [0.15, 0.2) is 0 Å². The van der Waals surface area contributed by atoms with Crippen molar-refractivity contribution >= 4 is 10.9 Å². The normalized spacial score (nSPS) is 17.8. The number of hydrogen-bond donors (Lipinski definition) is 0. The maximum atomic E-state index is 14.6. The molecule has 0 N–H and O–H groups in total. The van der Waals surface area contributed by atoms with Crippen molar-refractivity contribution in [1.82, 2.24) is 4.98 Å². The summed E-state index contributed by atoms with van der Waals surface area (Å²) in [5.74, 6) is -2.12. The molecule has 1 aliphatic rings. The van der Waals surface area contributed by atoms with Gasteiger partial charge in [0.25, 0.3) is 0 Å². The minimum atomic E-state index is -4.78. The monoisotopic (exact) mass is 411 g/mol. The van der Waals surface area contributed by atoms with E-state index in [0.29, 0.717) is 22.8 Å². The summed E-state index contributed by atoms with van der Waals surface area (Å²) < 4.78 is 71.2. The largest absolute Gasteiger partial charge is 0.402 e. The maximum Gasteiger partial charge on any atom is 0.402 e. The highest BCUT2D eigenvalue weighted by molar-refractivity contribution is 5.86. The predicted octanol–water partition coefficient (Wildman–Crippen LogP) is 7.03. The third-order valence-corrected chi connectivity index (χ3v) is 5.86. The van der Waals surface area contributed by atoms with Crippen LogP contribution in [0.15, 0.2) is 66.7 Å². The van der Waals surface area contributed by atoms with Crippen LogP contribution in [0.3, 0.4) is 0 Å². The molecule has 4 aromatic rings. The topological polar surface area (TPSA) is 12.9 Å². The minimum absolute atomic E-state index is 0.0691. The lowest BCUT2D eigenvalue weighted by Gasteiger charge is -2.30. The van der Waals surface area contributed by atoms with Crippen molar-refractivity contribution in [3.63, 3.8) is 0 Å². The molecule has 30 heavy (non-hydrogen) atoms. The van der Waals surface area contributed by atoms with Gasteiger partial charge in [-0.05, 0) is 47.9 Å². The van der Waals surface area contributed by atoms with E-state index in [2.05, 4.69) is 4.98 Å². The van der Waals surface area contributed by atoms with Gasteiger partial charge in [-0.15, -0.1) is 0 Å². The highest BCUT2D eigenvalue weighted by Gasteiger charge is 2.59. The zero-order chi connectivity index (χ0) is 21.3. The average Bonchev–Trinajstić information content (AvgIpc) is 2.97.